The summed E-state index contributed by atoms with van der Waals surface area (Å²) in [6, 6.07) is 18.7. The van der Waals surface area contributed by atoms with Gasteiger partial charge in [-0.25, -0.2) is 0 Å². The summed E-state index contributed by atoms with van der Waals surface area (Å²) in [6.07, 6.45) is 0.733. The predicted octanol–water partition coefficient (Wildman–Crippen LogP) is 4.09. The molecule has 0 atom stereocenters. The fourth-order valence-corrected chi connectivity index (χ4v) is 3.02. The van der Waals surface area contributed by atoms with Crippen LogP contribution in [0.2, 0.25) is 0 Å². The molecule has 0 N–H and O–H groups in total. The number of carbonyl (C=O) groups excluding carboxylic acids is 2. The molecule has 0 aliphatic rings. The van der Waals surface area contributed by atoms with E-state index in [0.717, 1.165) is 22.7 Å². The molecule has 3 rings (SSSR count). The number of carbonyl (C=O) groups is 2. The van der Waals surface area contributed by atoms with Gasteiger partial charge in [0.25, 0.3) is 5.91 Å². The Hall–Kier alpha value is -3.34. The fourth-order valence-electron chi connectivity index (χ4n) is 3.02. The minimum Gasteiger partial charge on any atom is -0.493 e. The third kappa shape index (κ3) is 3.92. The number of anilines is 1. The molecule has 0 heterocycles. The number of likely N-dealkylation sites (N-methyl/N-ethyl adjacent to an activating group) is 1. The molecule has 3 aromatic rings. The maximum absolute atomic E-state index is 12.8. The number of methoxy groups -OCH3 is 1. The summed E-state index contributed by atoms with van der Waals surface area (Å²) in [5.41, 5.74) is 1.34. The average Bonchev–Trinajstić information content (AvgIpc) is 2.72. The third-order valence-corrected chi connectivity index (χ3v) is 4.35. The van der Waals surface area contributed by atoms with Crippen molar-refractivity contribution in [2.24, 2.45) is 0 Å². The smallest absolute Gasteiger partial charge is 0.264 e. The number of ether oxygens (including phenoxy) is 2. The van der Waals surface area contributed by atoms with Crippen LogP contribution in [0.4, 0.5) is 5.69 Å². The molecule has 138 valence electrons. The Bertz CT molecular complexity index is 962. The van der Waals surface area contributed by atoms with Gasteiger partial charge >= 0.3 is 0 Å². The lowest BCUT2D eigenvalue weighted by Crippen LogP contribution is -2.35. The van der Waals surface area contributed by atoms with E-state index in [1.165, 1.54) is 7.11 Å². The molecule has 0 saturated carbocycles. The number of aldehydes is 1. The molecule has 5 heteroatoms. The summed E-state index contributed by atoms with van der Waals surface area (Å²) in [5, 5.41) is 2.09. The minimum absolute atomic E-state index is 0.131. The van der Waals surface area contributed by atoms with E-state index in [-0.39, 0.29) is 12.5 Å². The molecule has 0 fully saturated rings. The molecule has 0 aromatic heterocycles. The molecule has 0 aliphatic carbocycles. The molecule has 0 unspecified atom stereocenters. The first kappa shape index (κ1) is 18.5. The number of benzene rings is 3. The van der Waals surface area contributed by atoms with Crippen molar-refractivity contribution in [3.8, 4) is 11.5 Å². The van der Waals surface area contributed by atoms with Gasteiger partial charge in [0, 0.05) is 17.5 Å². The summed E-state index contributed by atoms with van der Waals surface area (Å²) in [6.45, 7) is 2.32. The lowest BCUT2D eigenvalue weighted by Gasteiger charge is -2.23. The number of nitrogens with zero attached hydrogens (tertiary/aromatic N) is 1. The van der Waals surface area contributed by atoms with Crippen LogP contribution in [0.25, 0.3) is 10.8 Å². The van der Waals surface area contributed by atoms with Crippen molar-refractivity contribution in [2.45, 2.75) is 6.92 Å². The molecule has 0 aliphatic heterocycles. The highest BCUT2D eigenvalue weighted by Gasteiger charge is 2.17. The van der Waals surface area contributed by atoms with E-state index < -0.39 is 0 Å². The van der Waals surface area contributed by atoms with Gasteiger partial charge in [-0.05, 0) is 36.6 Å². The second-order valence-electron chi connectivity index (χ2n) is 5.95. The Labute approximate surface area is 158 Å². The summed E-state index contributed by atoms with van der Waals surface area (Å²) >= 11 is 0. The van der Waals surface area contributed by atoms with Crippen molar-refractivity contribution in [2.75, 3.05) is 25.2 Å². The highest BCUT2D eigenvalue weighted by Crippen LogP contribution is 2.29. The zero-order valence-electron chi connectivity index (χ0n) is 15.3. The quantitative estimate of drug-likeness (QED) is 0.593. The van der Waals surface area contributed by atoms with Crippen LogP contribution in [0.15, 0.2) is 60.7 Å². The Morgan fingerprint density at radius 2 is 1.81 bits per heavy atom. The molecule has 5 nitrogen and oxygen atoms in total. The lowest BCUT2D eigenvalue weighted by molar-refractivity contribution is -0.120. The molecule has 3 aromatic carbocycles. The van der Waals surface area contributed by atoms with Crippen molar-refractivity contribution in [1.29, 1.82) is 0 Å². The van der Waals surface area contributed by atoms with Crippen LogP contribution in [0.5, 0.6) is 11.5 Å². The van der Waals surface area contributed by atoms with Gasteiger partial charge in [-0.1, -0.05) is 36.4 Å². The Balaban J connectivity index is 1.81. The Morgan fingerprint density at radius 1 is 1.04 bits per heavy atom. The number of rotatable bonds is 7. The largest absolute Gasteiger partial charge is 0.493 e. The average molecular weight is 363 g/mol. The summed E-state index contributed by atoms with van der Waals surface area (Å²) in [5.74, 6) is 0.682. The second kappa shape index (κ2) is 8.36. The number of amides is 1. The van der Waals surface area contributed by atoms with Crippen molar-refractivity contribution in [3.05, 3.63) is 66.2 Å². The monoisotopic (exact) mass is 363 g/mol. The van der Waals surface area contributed by atoms with Gasteiger partial charge in [-0.2, -0.15) is 0 Å². The highest BCUT2D eigenvalue weighted by molar-refractivity contribution is 6.04. The summed E-state index contributed by atoms with van der Waals surface area (Å²) < 4.78 is 10.9. The molecule has 27 heavy (non-hydrogen) atoms. The lowest BCUT2D eigenvalue weighted by atomic mass is 10.1. The van der Waals surface area contributed by atoms with E-state index in [1.807, 2.05) is 49.4 Å². The van der Waals surface area contributed by atoms with Gasteiger partial charge in [0.2, 0.25) is 0 Å². The zero-order chi connectivity index (χ0) is 19.2. The third-order valence-electron chi connectivity index (χ3n) is 4.35. The van der Waals surface area contributed by atoms with Crippen LogP contribution >= 0.6 is 0 Å². The van der Waals surface area contributed by atoms with Crippen LogP contribution in [0, 0.1) is 0 Å². The molecule has 1 amide bonds. The van der Waals surface area contributed by atoms with Crippen molar-refractivity contribution in [1.82, 2.24) is 0 Å². The molecule has 0 saturated heterocycles. The van der Waals surface area contributed by atoms with Gasteiger partial charge < -0.3 is 14.4 Å². The van der Waals surface area contributed by atoms with Gasteiger partial charge in [0.1, 0.15) is 6.29 Å². The first-order valence-electron chi connectivity index (χ1n) is 8.72. The zero-order valence-corrected chi connectivity index (χ0v) is 15.3. The standard InChI is InChI=1S/C22H21NO4/c1-3-23(19-10-6-8-17-7-4-5-9-18(17)19)22(25)15-27-20-12-11-16(14-24)13-21(20)26-2/h4-14H,3,15H2,1-2H3. The highest BCUT2D eigenvalue weighted by atomic mass is 16.5. The SMILES string of the molecule is CCN(C(=O)COc1ccc(C=O)cc1OC)c1cccc2ccccc12. The summed E-state index contributed by atoms with van der Waals surface area (Å²) in [7, 11) is 1.49. The van der Waals surface area contributed by atoms with Gasteiger partial charge in [-0.3, -0.25) is 9.59 Å². The molecular weight excluding hydrogens is 342 g/mol. The summed E-state index contributed by atoms with van der Waals surface area (Å²) in [4.78, 5) is 25.4. The van der Waals surface area contributed by atoms with Gasteiger partial charge in [0.05, 0.1) is 12.8 Å². The van der Waals surface area contributed by atoms with E-state index >= 15 is 0 Å². The number of fused-ring (bicyclic) bond motifs is 1. The van der Waals surface area contributed by atoms with Crippen LogP contribution in [-0.2, 0) is 4.79 Å². The molecule has 0 radical (unpaired) electrons. The number of hydrogen-bond acceptors (Lipinski definition) is 4. The van der Waals surface area contributed by atoms with Gasteiger partial charge in [0.15, 0.2) is 18.1 Å². The van der Waals surface area contributed by atoms with E-state index in [2.05, 4.69) is 0 Å². The second-order valence-corrected chi connectivity index (χ2v) is 5.95. The van der Waals surface area contributed by atoms with Crippen LogP contribution in [-0.4, -0.2) is 32.5 Å². The van der Waals surface area contributed by atoms with Crippen LogP contribution < -0.4 is 14.4 Å². The van der Waals surface area contributed by atoms with Crippen molar-refractivity contribution in [3.63, 3.8) is 0 Å². The van der Waals surface area contributed by atoms with E-state index in [0.29, 0.717) is 23.6 Å². The normalized spacial score (nSPS) is 10.4. The van der Waals surface area contributed by atoms with Crippen LogP contribution in [0.1, 0.15) is 17.3 Å². The van der Waals surface area contributed by atoms with E-state index in [9.17, 15) is 9.59 Å². The predicted molar refractivity (Wildman–Crippen MR) is 106 cm³/mol. The Kier molecular flexibility index (Phi) is 5.71. The first-order chi connectivity index (χ1) is 13.2. The minimum atomic E-state index is -0.157. The maximum Gasteiger partial charge on any atom is 0.264 e. The number of hydrogen-bond donors (Lipinski definition) is 0. The topological polar surface area (TPSA) is 55.8 Å². The first-order valence-corrected chi connectivity index (χ1v) is 8.72. The van der Waals surface area contributed by atoms with E-state index in [4.69, 9.17) is 9.47 Å². The van der Waals surface area contributed by atoms with E-state index in [1.54, 1.807) is 23.1 Å². The molecular formula is C22H21NO4. The fraction of sp³-hybridized carbons (Fsp3) is 0.182. The van der Waals surface area contributed by atoms with Gasteiger partial charge in [-0.15, -0.1) is 0 Å². The molecule has 0 spiro atoms. The van der Waals surface area contributed by atoms with Crippen molar-refractivity contribution >= 4 is 28.7 Å². The van der Waals surface area contributed by atoms with Crippen molar-refractivity contribution < 1.29 is 19.1 Å². The maximum atomic E-state index is 12.8. The molecule has 0 bridgehead atoms. The Morgan fingerprint density at radius 3 is 2.56 bits per heavy atom. The van der Waals surface area contributed by atoms with Crippen LogP contribution in [0.3, 0.4) is 0 Å².